The zero-order valence-corrected chi connectivity index (χ0v) is 14.6. The molecule has 3 nitrogen and oxygen atoms in total. The van der Waals surface area contributed by atoms with E-state index in [4.69, 9.17) is 12.2 Å². The van der Waals surface area contributed by atoms with Crippen LogP contribution in [0.3, 0.4) is 0 Å². The molecule has 3 aromatic rings. The molecule has 0 saturated carbocycles. The lowest BCUT2D eigenvalue weighted by atomic mass is 10.2. The van der Waals surface area contributed by atoms with Gasteiger partial charge in [-0.15, -0.1) is 11.3 Å². The first kappa shape index (κ1) is 14.7. The molecule has 0 aliphatic rings. The Morgan fingerprint density at radius 1 is 1.33 bits per heavy atom. The molecule has 0 amide bonds. The van der Waals surface area contributed by atoms with Crippen LogP contribution in [0.1, 0.15) is 17.4 Å². The maximum absolute atomic E-state index is 12.6. The number of aromatic nitrogens is 2. The maximum atomic E-state index is 12.6. The van der Waals surface area contributed by atoms with Gasteiger partial charge in [0.15, 0.2) is 4.77 Å². The molecule has 1 N–H and O–H groups in total. The average Bonchev–Trinajstić information content (AvgIpc) is 2.88. The van der Waals surface area contributed by atoms with Crippen LogP contribution in [0.25, 0.3) is 10.2 Å². The molecule has 0 aliphatic carbocycles. The van der Waals surface area contributed by atoms with Gasteiger partial charge in [-0.2, -0.15) is 0 Å². The predicted molar refractivity (Wildman–Crippen MR) is 93.9 cm³/mol. The topological polar surface area (TPSA) is 37.8 Å². The van der Waals surface area contributed by atoms with E-state index >= 15 is 0 Å². The van der Waals surface area contributed by atoms with Gasteiger partial charge >= 0.3 is 0 Å². The van der Waals surface area contributed by atoms with Gasteiger partial charge in [-0.25, -0.2) is 0 Å². The molecule has 0 spiro atoms. The third-order valence-corrected chi connectivity index (χ3v) is 5.37. The molecule has 0 aliphatic heterocycles. The lowest BCUT2D eigenvalue weighted by molar-refractivity contribution is 0.735. The van der Waals surface area contributed by atoms with Crippen LogP contribution in [-0.2, 0) is 13.0 Å². The second kappa shape index (κ2) is 5.87. The molecule has 0 fully saturated rings. The van der Waals surface area contributed by atoms with Gasteiger partial charge in [-0.05, 0) is 42.4 Å². The van der Waals surface area contributed by atoms with E-state index in [-0.39, 0.29) is 5.56 Å². The minimum absolute atomic E-state index is 0.0207. The number of hydrogen-bond donors (Lipinski definition) is 1. The van der Waals surface area contributed by atoms with Gasteiger partial charge in [-0.1, -0.05) is 35.0 Å². The Bertz CT molecular complexity index is 906. The van der Waals surface area contributed by atoms with Crippen molar-refractivity contribution in [1.82, 2.24) is 9.55 Å². The van der Waals surface area contributed by atoms with Crippen LogP contribution in [0.5, 0.6) is 0 Å². The normalized spacial score (nSPS) is 11.1. The van der Waals surface area contributed by atoms with Crippen LogP contribution in [0, 0.1) is 4.77 Å². The van der Waals surface area contributed by atoms with Crippen molar-refractivity contribution in [1.29, 1.82) is 0 Å². The molecule has 6 heteroatoms. The number of benzene rings is 1. The van der Waals surface area contributed by atoms with Crippen molar-refractivity contribution in [2.45, 2.75) is 19.9 Å². The summed E-state index contributed by atoms with van der Waals surface area (Å²) >= 11 is 10.4. The van der Waals surface area contributed by atoms with Crippen molar-refractivity contribution >= 4 is 49.7 Å². The molecule has 108 valence electrons. The van der Waals surface area contributed by atoms with Crippen molar-refractivity contribution in [3.63, 3.8) is 0 Å². The second-order valence-corrected chi connectivity index (χ2v) is 7.20. The second-order valence-electron chi connectivity index (χ2n) is 4.76. The number of hydrogen-bond acceptors (Lipinski definition) is 3. The van der Waals surface area contributed by atoms with Crippen molar-refractivity contribution in [3.8, 4) is 0 Å². The minimum Gasteiger partial charge on any atom is -0.323 e. The molecule has 0 bridgehead atoms. The van der Waals surface area contributed by atoms with E-state index in [0.29, 0.717) is 11.3 Å². The number of aromatic amines is 1. The molecule has 2 aromatic heterocycles. The molecular weight excluding hydrogens is 368 g/mol. The summed E-state index contributed by atoms with van der Waals surface area (Å²) in [6, 6.07) is 9.86. The largest absolute Gasteiger partial charge is 0.323 e. The number of rotatable bonds is 3. The van der Waals surface area contributed by atoms with Crippen molar-refractivity contribution in [2.24, 2.45) is 0 Å². The molecule has 0 unspecified atom stereocenters. The Labute approximate surface area is 139 Å². The quantitative estimate of drug-likeness (QED) is 0.679. The van der Waals surface area contributed by atoms with Crippen molar-refractivity contribution in [2.75, 3.05) is 0 Å². The van der Waals surface area contributed by atoms with Gasteiger partial charge in [0, 0.05) is 9.35 Å². The highest BCUT2D eigenvalue weighted by Gasteiger charge is 2.09. The van der Waals surface area contributed by atoms with E-state index < -0.39 is 0 Å². The highest BCUT2D eigenvalue weighted by atomic mass is 79.9. The number of aryl methyl sites for hydroxylation is 1. The number of nitrogens with one attached hydrogen (secondary N) is 1. The molecule has 0 radical (unpaired) electrons. The monoisotopic (exact) mass is 380 g/mol. The Morgan fingerprint density at radius 3 is 2.71 bits per heavy atom. The third-order valence-electron chi connectivity index (χ3n) is 3.33. The van der Waals surface area contributed by atoms with Gasteiger partial charge in [0.2, 0.25) is 0 Å². The summed E-state index contributed by atoms with van der Waals surface area (Å²) in [6.07, 6.45) is 0.923. The summed E-state index contributed by atoms with van der Waals surface area (Å²) in [7, 11) is 0. The van der Waals surface area contributed by atoms with Gasteiger partial charge in [0.25, 0.3) is 5.56 Å². The average molecular weight is 381 g/mol. The Kier molecular flexibility index (Phi) is 4.10. The van der Waals surface area contributed by atoms with Gasteiger partial charge in [0.05, 0.1) is 11.9 Å². The summed E-state index contributed by atoms with van der Waals surface area (Å²) in [4.78, 5) is 17.9. The maximum Gasteiger partial charge on any atom is 0.263 e. The molecule has 2 heterocycles. The van der Waals surface area contributed by atoms with Crippen LogP contribution in [0.2, 0.25) is 0 Å². The Balaban J connectivity index is 2.11. The van der Waals surface area contributed by atoms with Crippen LogP contribution in [0.15, 0.2) is 39.6 Å². The fraction of sp³-hybridized carbons (Fsp3) is 0.200. The third kappa shape index (κ3) is 2.88. The molecular formula is C15H13BrN2OS2. The van der Waals surface area contributed by atoms with E-state index in [1.54, 1.807) is 15.9 Å². The van der Waals surface area contributed by atoms with E-state index in [0.717, 1.165) is 26.7 Å². The number of H-pyrrole nitrogens is 1. The summed E-state index contributed by atoms with van der Waals surface area (Å²) < 4.78 is 3.11. The number of thiophene rings is 1. The summed E-state index contributed by atoms with van der Waals surface area (Å²) in [6.45, 7) is 2.56. The first-order valence-corrected chi connectivity index (χ1v) is 8.60. The smallest absolute Gasteiger partial charge is 0.263 e. The Hall–Kier alpha value is -1.24. The van der Waals surface area contributed by atoms with Crippen LogP contribution >= 0.6 is 39.5 Å². The number of nitrogens with zero attached hydrogens (tertiary/aromatic N) is 1. The minimum atomic E-state index is -0.0207. The molecule has 1 aromatic carbocycles. The van der Waals surface area contributed by atoms with Crippen molar-refractivity contribution < 1.29 is 0 Å². The van der Waals surface area contributed by atoms with Gasteiger partial charge in [-0.3, -0.25) is 9.36 Å². The molecule has 21 heavy (non-hydrogen) atoms. The van der Waals surface area contributed by atoms with Crippen LogP contribution < -0.4 is 5.56 Å². The summed E-state index contributed by atoms with van der Waals surface area (Å²) in [5.74, 6) is 0. The van der Waals surface area contributed by atoms with E-state index in [1.165, 1.54) is 4.88 Å². The lowest BCUT2D eigenvalue weighted by Gasteiger charge is -2.06. The number of halogens is 1. The zero-order valence-electron chi connectivity index (χ0n) is 11.4. The van der Waals surface area contributed by atoms with E-state index in [2.05, 4.69) is 27.8 Å². The molecule has 0 saturated heterocycles. The fourth-order valence-corrected chi connectivity index (χ4v) is 3.75. The highest BCUT2D eigenvalue weighted by molar-refractivity contribution is 9.10. The lowest BCUT2D eigenvalue weighted by Crippen LogP contribution is -2.22. The van der Waals surface area contributed by atoms with Gasteiger partial charge in [0.1, 0.15) is 4.83 Å². The molecule has 0 atom stereocenters. The fourth-order valence-electron chi connectivity index (χ4n) is 2.19. The first-order valence-electron chi connectivity index (χ1n) is 6.58. The predicted octanol–water partition coefficient (Wildman–Crippen LogP) is 4.49. The first-order chi connectivity index (χ1) is 10.1. The van der Waals surface area contributed by atoms with E-state index in [9.17, 15) is 4.79 Å². The Morgan fingerprint density at radius 2 is 2.05 bits per heavy atom. The van der Waals surface area contributed by atoms with Gasteiger partial charge < -0.3 is 4.98 Å². The summed E-state index contributed by atoms with van der Waals surface area (Å²) in [5.41, 5.74) is 1.03. The standard InChI is InChI=1S/C15H13BrN2OS2/c1-2-11-7-12-13(21-11)17-15(20)18(14(12)19)8-9-3-5-10(16)6-4-9/h3-7H,2,8H2,1H3,(H,17,20). The number of fused-ring (bicyclic) bond motifs is 1. The van der Waals surface area contributed by atoms with Crippen LogP contribution in [0.4, 0.5) is 0 Å². The highest BCUT2D eigenvalue weighted by Crippen LogP contribution is 2.21. The van der Waals surface area contributed by atoms with Crippen molar-refractivity contribution in [3.05, 3.63) is 60.4 Å². The van der Waals surface area contributed by atoms with E-state index in [1.807, 2.05) is 30.3 Å². The summed E-state index contributed by atoms with van der Waals surface area (Å²) in [5, 5.41) is 0.725. The SMILES string of the molecule is CCc1cc2c(=O)n(Cc3ccc(Br)cc3)c(=S)[nH]c2s1. The molecule has 3 rings (SSSR count). The van der Waals surface area contributed by atoms with Crippen LogP contribution in [-0.4, -0.2) is 9.55 Å². The zero-order chi connectivity index (χ0) is 15.0.